The molecule has 122 valence electrons. The van der Waals surface area contributed by atoms with Crippen molar-refractivity contribution < 1.29 is 17.9 Å². The molecule has 7 nitrogen and oxygen atoms in total. The highest BCUT2D eigenvalue weighted by Gasteiger charge is 2.21. The van der Waals surface area contributed by atoms with E-state index in [0.29, 0.717) is 17.8 Å². The van der Waals surface area contributed by atoms with Gasteiger partial charge in [0.05, 0.1) is 18.5 Å². The number of esters is 1. The van der Waals surface area contributed by atoms with E-state index in [9.17, 15) is 13.2 Å². The first-order valence-corrected chi connectivity index (χ1v) is 7.98. The minimum Gasteiger partial charge on any atom is -0.466 e. The average Bonchev–Trinajstić information content (AvgIpc) is 2.85. The van der Waals surface area contributed by atoms with Crippen LogP contribution in [0.3, 0.4) is 0 Å². The van der Waals surface area contributed by atoms with E-state index in [1.807, 2.05) is 19.9 Å². The number of imidazole rings is 1. The van der Waals surface area contributed by atoms with Gasteiger partial charge in [-0.15, -0.1) is 0 Å². The highest BCUT2D eigenvalue weighted by atomic mass is 32.2. The average molecular weight is 327 g/mol. The highest BCUT2D eigenvalue weighted by molar-refractivity contribution is 7.87. The van der Waals surface area contributed by atoms with Crippen molar-refractivity contribution in [3.8, 4) is 0 Å². The predicted octanol–water partition coefficient (Wildman–Crippen LogP) is 1.23. The zero-order chi connectivity index (χ0) is 16.9. The Labute approximate surface area is 131 Å². The van der Waals surface area contributed by atoms with Crippen LogP contribution in [0.5, 0.6) is 0 Å². The molecule has 0 spiro atoms. The standard InChI is InChI=1S/C14H21N3O4S/c1-11(2)6-8-13-12(7-9-14(18)21-5)15-10-17(13)22(19,20)16(3)4/h6-7,9-10H,8H2,1-5H3/b9-7+. The molecule has 0 aliphatic heterocycles. The van der Waals surface area contributed by atoms with Crippen molar-refractivity contribution in [2.24, 2.45) is 0 Å². The molecule has 0 saturated heterocycles. The smallest absolute Gasteiger partial charge is 0.330 e. The summed E-state index contributed by atoms with van der Waals surface area (Å²) in [6.45, 7) is 3.84. The maximum absolute atomic E-state index is 12.3. The number of rotatable bonds is 6. The first-order valence-electron chi connectivity index (χ1n) is 6.58. The Balaban J connectivity index is 3.36. The van der Waals surface area contributed by atoms with Crippen LogP contribution in [0.4, 0.5) is 0 Å². The summed E-state index contributed by atoms with van der Waals surface area (Å²) in [5.41, 5.74) is 1.95. The number of hydrogen-bond donors (Lipinski definition) is 0. The zero-order valence-corrected chi connectivity index (χ0v) is 14.2. The van der Waals surface area contributed by atoms with Gasteiger partial charge in [-0.05, 0) is 19.9 Å². The molecule has 0 fully saturated rings. The Morgan fingerprint density at radius 1 is 1.41 bits per heavy atom. The molecule has 0 radical (unpaired) electrons. The Hall–Kier alpha value is -1.93. The maximum Gasteiger partial charge on any atom is 0.330 e. The minimum atomic E-state index is -3.67. The van der Waals surface area contributed by atoms with Gasteiger partial charge in [-0.1, -0.05) is 11.6 Å². The van der Waals surface area contributed by atoms with Crippen molar-refractivity contribution in [2.45, 2.75) is 20.3 Å². The van der Waals surface area contributed by atoms with Crippen LogP contribution >= 0.6 is 0 Å². The fraction of sp³-hybridized carbons (Fsp3) is 0.429. The third-order valence-corrected chi connectivity index (χ3v) is 4.59. The van der Waals surface area contributed by atoms with Crippen LogP contribution in [-0.2, 0) is 26.2 Å². The van der Waals surface area contributed by atoms with Crippen LogP contribution in [0, 0.1) is 0 Å². The van der Waals surface area contributed by atoms with E-state index in [4.69, 9.17) is 0 Å². The van der Waals surface area contributed by atoms with E-state index >= 15 is 0 Å². The monoisotopic (exact) mass is 327 g/mol. The lowest BCUT2D eigenvalue weighted by molar-refractivity contribution is -0.134. The molecule has 0 aromatic carbocycles. The van der Waals surface area contributed by atoms with Crippen LogP contribution in [0.2, 0.25) is 0 Å². The van der Waals surface area contributed by atoms with Crippen LogP contribution in [-0.4, -0.2) is 48.9 Å². The number of allylic oxidation sites excluding steroid dienone is 2. The van der Waals surface area contributed by atoms with Gasteiger partial charge in [-0.25, -0.2) is 13.8 Å². The van der Waals surface area contributed by atoms with Gasteiger partial charge in [0, 0.05) is 26.6 Å². The van der Waals surface area contributed by atoms with Crippen molar-refractivity contribution in [3.63, 3.8) is 0 Å². The maximum atomic E-state index is 12.3. The van der Waals surface area contributed by atoms with E-state index < -0.39 is 16.2 Å². The normalized spacial score (nSPS) is 11.9. The molecule has 0 saturated carbocycles. The van der Waals surface area contributed by atoms with Crippen LogP contribution in [0.25, 0.3) is 6.08 Å². The number of carbonyl (C=O) groups is 1. The van der Waals surface area contributed by atoms with Crippen molar-refractivity contribution in [2.75, 3.05) is 21.2 Å². The highest BCUT2D eigenvalue weighted by Crippen LogP contribution is 2.16. The molecule has 0 unspecified atom stereocenters. The fourth-order valence-electron chi connectivity index (χ4n) is 1.60. The van der Waals surface area contributed by atoms with Crippen LogP contribution in [0.15, 0.2) is 24.1 Å². The quantitative estimate of drug-likeness (QED) is 0.446. The molecular formula is C14H21N3O4S. The largest absolute Gasteiger partial charge is 0.466 e. The molecule has 0 bridgehead atoms. The van der Waals surface area contributed by atoms with Crippen molar-refractivity contribution in [1.29, 1.82) is 0 Å². The molecule has 0 atom stereocenters. The number of aromatic nitrogens is 2. The zero-order valence-electron chi connectivity index (χ0n) is 13.4. The second-order valence-electron chi connectivity index (χ2n) is 5.00. The Morgan fingerprint density at radius 3 is 2.55 bits per heavy atom. The lowest BCUT2D eigenvalue weighted by Crippen LogP contribution is -2.29. The molecule has 1 rings (SSSR count). The summed E-state index contributed by atoms with van der Waals surface area (Å²) in [5.74, 6) is -0.529. The van der Waals surface area contributed by atoms with Gasteiger partial charge in [0.15, 0.2) is 0 Å². The molecular weight excluding hydrogens is 306 g/mol. The van der Waals surface area contributed by atoms with Crippen molar-refractivity contribution >= 4 is 22.3 Å². The number of ether oxygens (including phenoxy) is 1. The van der Waals surface area contributed by atoms with Crippen molar-refractivity contribution in [1.82, 2.24) is 13.3 Å². The predicted molar refractivity (Wildman–Crippen MR) is 84.4 cm³/mol. The van der Waals surface area contributed by atoms with Gasteiger partial charge >= 0.3 is 16.2 Å². The minimum absolute atomic E-state index is 0.385. The molecule has 0 N–H and O–H groups in total. The van der Waals surface area contributed by atoms with Gasteiger partial charge in [0.2, 0.25) is 0 Å². The van der Waals surface area contributed by atoms with Crippen LogP contribution in [0.1, 0.15) is 25.2 Å². The Bertz CT molecular complexity index is 696. The molecule has 0 aliphatic carbocycles. The van der Waals surface area contributed by atoms with E-state index in [2.05, 4.69) is 9.72 Å². The van der Waals surface area contributed by atoms with Gasteiger partial charge < -0.3 is 4.74 Å². The summed E-state index contributed by atoms with van der Waals surface area (Å²) in [4.78, 5) is 15.3. The molecule has 1 aromatic heterocycles. The third-order valence-electron chi connectivity index (χ3n) is 2.86. The number of nitrogens with zero attached hydrogens (tertiary/aromatic N) is 3. The molecule has 8 heteroatoms. The number of carbonyl (C=O) groups excluding carboxylic acids is 1. The molecule has 0 amide bonds. The molecule has 0 aliphatic rings. The topological polar surface area (TPSA) is 81.5 Å². The number of hydrogen-bond acceptors (Lipinski definition) is 5. The van der Waals surface area contributed by atoms with Gasteiger partial charge in [-0.2, -0.15) is 12.7 Å². The summed E-state index contributed by atoms with van der Waals surface area (Å²) in [6, 6.07) is 0. The third kappa shape index (κ3) is 4.28. The lowest BCUT2D eigenvalue weighted by Gasteiger charge is -2.14. The first-order chi connectivity index (χ1) is 10.2. The lowest BCUT2D eigenvalue weighted by atomic mass is 10.2. The molecule has 1 heterocycles. The Morgan fingerprint density at radius 2 is 2.05 bits per heavy atom. The van der Waals surface area contributed by atoms with Gasteiger partial charge in [0.25, 0.3) is 0 Å². The van der Waals surface area contributed by atoms with Gasteiger partial charge in [0.1, 0.15) is 6.33 Å². The van der Waals surface area contributed by atoms with E-state index in [1.165, 1.54) is 39.7 Å². The summed E-state index contributed by atoms with van der Waals surface area (Å²) < 4.78 is 31.4. The summed E-state index contributed by atoms with van der Waals surface area (Å²) in [6.07, 6.45) is 6.17. The van der Waals surface area contributed by atoms with Crippen molar-refractivity contribution in [3.05, 3.63) is 35.4 Å². The van der Waals surface area contributed by atoms with E-state index in [1.54, 1.807) is 0 Å². The van der Waals surface area contributed by atoms with E-state index in [0.717, 1.165) is 13.9 Å². The van der Waals surface area contributed by atoms with Gasteiger partial charge in [-0.3, -0.25) is 0 Å². The fourth-order valence-corrected chi connectivity index (χ4v) is 2.56. The molecule has 22 heavy (non-hydrogen) atoms. The SMILES string of the molecule is COC(=O)/C=C/c1ncn(S(=O)(=O)N(C)C)c1CC=C(C)C. The summed E-state index contributed by atoms with van der Waals surface area (Å²) >= 11 is 0. The van der Waals surface area contributed by atoms with E-state index in [-0.39, 0.29) is 0 Å². The molecule has 1 aromatic rings. The first kappa shape index (κ1) is 18.1. The second-order valence-corrected chi connectivity index (χ2v) is 7.02. The summed E-state index contributed by atoms with van der Waals surface area (Å²) in [7, 11) is 0.496. The Kier molecular flexibility index (Phi) is 6.07. The van der Waals surface area contributed by atoms with Crippen LogP contribution < -0.4 is 0 Å². The second kappa shape index (κ2) is 7.37. The summed E-state index contributed by atoms with van der Waals surface area (Å²) in [5, 5.41) is 0. The number of methoxy groups -OCH3 is 1.